The third-order valence-electron chi connectivity index (χ3n) is 5.13. The smallest absolute Gasteiger partial charge is 0.309 e. The summed E-state index contributed by atoms with van der Waals surface area (Å²) in [6, 6.07) is 10.7. The van der Waals surface area contributed by atoms with Crippen LogP contribution in [0.3, 0.4) is 0 Å². The van der Waals surface area contributed by atoms with Crippen molar-refractivity contribution in [2.45, 2.75) is 30.4 Å². The van der Waals surface area contributed by atoms with Crippen molar-refractivity contribution in [2.75, 3.05) is 23.3 Å². The van der Waals surface area contributed by atoms with E-state index in [0.717, 1.165) is 0 Å². The van der Waals surface area contributed by atoms with Gasteiger partial charge in [0.1, 0.15) is 5.82 Å². The van der Waals surface area contributed by atoms with Crippen LogP contribution in [0.2, 0.25) is 5.02 Å². The van der Waals surface area contributed by atoms with Gasteiger partial charge in [-0.3, -0.25) is 9.69 Å². The average molecular weight is 434 g/mol. The number of urea groups is 1. The van der Waals surface area contributed by atoms with Crippen molar-refractivity contribution in [3.63, 3.8) is 0 Å². The molecule has 1 atom stereocenters. The van der Waals surface area contributed by atoms with Crippen molar-refractivity contribution < 1.29 is 14.0 Å². The molecule has 5 nitrogen and oxygen atoms in total. The highest BCUT2D eigenvalue weighted by Crippen LogP contribution is 2.59. The summed E-state index contributed by atoms with van der Waals surface area (Å²) < 4.78 is 13.8. The fraction of sp³-hybridized carbons (Fsp3) is 0.333. The van der Waals surface area contributed by atoms with Crippen molar-refractivity contribution >= 4 is 46.7 Å². The summed E-state index contributed by atoms with van der Waals surface area (Å²) in [7, 11) is 0. The molecule has 1 fully saturated rings. The molecule has 0 aliphatic carbocycles. The van der Waals surface area contributed by atoms with Crippen LogP contribution in [0.25, 0.3) is 0 Å². The van der Waals surface area contributed by atoms with Gasteiger partial charge >= 0.3 is 6.03 Å². The molecule has 1 unspecified atom stereocenters. The van der Waals surface area contributed by atoms with Crippen LogP contribution in [0, 0.1) is 5.82 Å². The van der Waals surface area contributed by atoms with Gasteiger partial charge in [0.25, 0.3) is 5.91 Å². The number of amides is 3. The minimum Gasteiger partial charge on any atom is -0.309 e. The van der Waals surface area contributed by atoms with E-state index < -0.39 is 21.5 Å². The first-order chi connectivity index (χ1) is 13.7. The number of hydrogen-bond acceptors (Lipinski definition) is 3. The lowest BCUT2D eigenvalue weighted by molar-refractivity contribution is -0.123. The Kier molecular flexibility index (Phi) is 4.78. The average Bonchev–Trinajstić information content (AvgIpc) is 3.07. The first-order valence-electron chi connectivity index (χ1n) is 9.34. The molecule has 2 aliphatic rings. The highest BCUT2D eigenvalue weighted by molar-refractivity contribution is 8.02. The van der Waals surface area contributed by atoms with Crippen molar-refractivity contribution in [3.8, 4) is 0 Å². The quantitative estimate of drug-likeness (QED) is 0.720. The lowest BCUT2D eigenvalue weighted by Crippen LogP contribution is -2.51. The molecule has 1 spiro atoms. The Morgan fingerprint density at radius 1 is 1.28 bits per heavy atom. The molecular formula is C21H21ClFN3O2S. The second-order valence-electron chi connectivity index (χ2n) is 7.74. The van der Waals surface area contributed by atoms with Gasteiger partial charge in [-0.1, -0.05) is 17.7 Å². The third kappa shape index (κ3) is 3.16. The maximum atomic E-state index is 14.2. The molecule has 29 heavy (non-hydrogen) atoms. The Morgan fingerprint density at radius 2 is 2.03 bits per heavy atom. The standard InChI is InChI=1S/C21H21ClFN3O2S/c1-4-25-17-9-8-14(23)11-16(17)21(18(25)27)26(12-20(2,3)29-21)19(28)24-15-7-5-6-13(22)10-15/h5-11H,4,12H2,1-3H3,(H,24,28). The predicted molar refractivity (Wildman–Crippen MR) is 115 cm³/mol. The molecule has 3 amide bonds. The Balaban J connectivity index is 1.81. The number of fused-ring (bicyclic) bond motifs is 2. The zero-order chi connectivity index (χ0) is 21.0. The first-order valence-corrected chi connectivity index (χ1v) is 10.5. The minimum atomic E-state index is -1.31. The minimum absolute atomic E-state index is 0.225. The molecule has 2 aromatic rings. The first kappa shape index (κ1) is 20.0. The lowest BCUT2D eigenvalue weighted by Gasteiger charge is -2.33. The molecule has 8 heteroatoms. The normalized spacial score (nSPS) is 22.3. The van der Waals surface area contributed by atoms with Gasteiger partial charge in [0.05, 0.1) is 5.69 Å². The van der Waals surface area contributed by atoms with Crippen LogP contribution in [-0.2, 0) is 9.67 Å². The van der Waals surface area contributed by atoms with Gasteiger partial charge in [0.2, 0.25) is 0 Å². The molecule has 2 heterocycles. The van der Waals surface area contributed by atoms with Gasteiger partial charge in [-0.05, 0) is 57.2 Å². The Labute approximate surface area is 178 Å². The summed E-state index contributed by atoms with van der Waals surface area (Å²) in [5, 5.41) is 3.33. The number of thioether (sulfide) groups is 1. The number of carbonyl (C=O) groups is 2. The fourth-order valence-electron chi connectivity index (χ4n) is 4.05. The number of likely N-dealkylation sites (N-methyl/N-ethyl adjacent to an activating group) is 1. The maximum absolute atomic E-state index is 14.2. The highest BCUT2D eigenvalue weighted by atomic mass is 35.5. The predicted octanol–water partition coefficient (Wildman–Crippen LogP) is 5.06. The number of anilines is 2. The fourth-order valence-corrected chi connectivity index (χ4v) is 5.96. The second kappa shape index (κ2) is 6.92. The summed E-state index contributed by atoms with van der Waals surface area (Å²) in [5.41, 5.74) is 1.69. The van der Waals surface area contributed by atoms with Crippen LogP contribution < -0.4 is 10.2 Å². The van der Waals surface area contributed by atoms with Gasteiger partial charge < -0.3 is 10.2 Å². The topological polar surface area (TPSA) is 52.7 Å². The SMILES string of the molecule is CCN1C(=O)C2(SC(C)(C)CN2C(=O)Nc2cccc(Cl)c2)c2cc(F)ccc21. The number of nitrogens with zero attached hydrogens (tertiary/aromatic N) is 2. The molecule has 2 aliphatic heterocycles. The van der Waals surface area contributed by atoms with Crippen LogP contribution >= 0.6 is 23.4 Å². The summed E-state index contributed by atoms with van der Waals surface area (Å²) in [6.45, 7) is 6.60. The summed E-state index contributed by atoms with van der Waals surface area (Å²) in [6.07, 6.45) is 0. The van der Waals surface area contributed by atoms with E-state index in [4.69, 9.17) is 11.6 Å². The lowest BCUT2D eigenvalue weighted by atomic mass is 10.0. The highest BCUT2D eigenvalue weighted by Gasteiger charge is 2.63. The molecule has 2 aromatic carbocycles. The number of benzene rings is 2. The molecule has 1 N–H and O–H groups in total. The van der Waals surface area contributed by atoms with Crippen molar-refractivity contribution in [1.29, 1.82) is 0 Å². The molecule has 0 aromatic heterocycles. The Hall–Kier alpha value is -2.25. The maximum Gasteiger partial charge on any atom is 0.323 e. The van der Waals surface area contributed by atoms with E-state index >= 15 is 0 Å². The van der Waals surface area contributed by atoms with Crippen molar-refractivity contribution in [1.82, 2.24) is 4.90 Å². The largest absolute Gasteiger partial charge is 0.323 e. The van der Waals surface area contributed by atoms with Crippen molar-refractivity contribution in [2.24, 2.45) is 0 Å². The van der Waals surface area contributed by atoms with Crippen molar-refractivity contribution in [3.05, 3.63) is 58.9 Å². The molecule has 4 rings (SSSR count). The summed E-state index contributed by atoms with van der Waals surface area (Å²) >= 11 is 7.42. The van der Waals surface area contributed by atoms with Crippen LogP contribution in [0.5, 0.6) is 0 Å². The number of halogens is 2. The van der Waals surface area contributed by atoms with E-state index in [0.29, 0.717) is 35.1 Å². The van der Waals surface area contributed by atoms with E-state index in [1.165, 1.54) is 28.8 Å². The van der Waals surface area contributed by atoms with E-state index in [9.17, 15) is 14.0 Å². The van der Waals surface area contributed by atoms with E-state index in [2.05, 4.69) is 5.32 Å². The molecular weight excluding hydrogens is 413 g/mol. The number of nitrogens with one attached hydrogen (secondary N) is 1. The Bertz CT molecular complexity index is 1020. The van der Waals surface area contributed by atoms with Crippen LogP contribution in [-0.4, -0.2) is 34.7 Å². The summed E-state index contributed by atoms with van der Waals surface area (Å²) in [5.74, 6) is -0.660. The van der Waals surface area contributed by atoms with E-state index in [1.807, 2.05) is 20.8 Å². The van der Waals surface area contributed by atoms with Crippen LogP contribution in [0.4, 0.5) is 20.6 Å². The van der Waals surface area contributed by atoms with E-state index in [-0.39, 0.29) is 5.91 Å². The van der Waals surface area contributed by atoms with Gasteiger partial charge in [-0.25, -0.2) is 9.18 Å². The Morgan fingerprint density at radius 3 is 2.72 bits per heavy atom. The third-order valence-corrected chi connectivity index (χ3v) is 6.96. The molecule has 0 radical (unpaired) electrons. The van der Waals surface area contributed by atoms with Gasteiger partial charge in [-0.2, -0.15) is 0 Å². The van der Waals surface area contributed by atoms with Crippen LogP contribution in [0.15, 0.2) is 42.5 Å². The molecule has 1 saturated heterocycles. The molecule has 152 valence electrons. The van der Waals surface area contributed by atoms with E-state index in [1.54, 1.807) is 35.2 Å². The van der Waals surface area contributed by atoms with Gasteiger partial charge in [-0.15, -0.1) is 11.8 Å². The zero-order valence-corrected chi connectivity index (χ0v) is 17.9. The molecule has 0 saturated carbocycles. The van der Waals surface area contributed by atoms with Crippen LogP contribution in [0.1, 0.15) is 26.3 Å². The van der Waals surface area contributed by atoms with Gasteiger partial charge in [0, 0.05) is 34.1 Å². The number of rotatable bonds is 2. The molecule has 0 bridgehead atoms. The number of carbonyl (C=O) groups excluding carboxylic acids is 2. The number of hydrogen-bond donors (Lipinski definition) is 1. The summed E-state index contributed by atoms with van der Waals surface area (Å²) in [4.78, 5) is 28.7. The zero-order valence-electron chi connectivity index (χ0n) is 16.3. The van der Waals surface area contributed by atoms with Gasteiger partial charge in [0.15, 0.2) is 4.87 Å². The monoisotopic (exact) mass is 433 g/mol. The second-order valence-corrected chi connectivity index (χ2v) is 10.1.